The molecule has 1 N–H and O–H groups in total. The van der Waals surface area contributed by atoms with E-state index in [2.05, 4.69) is 41.4 Å². The first-order valence-corrected chi connectivity index (χ1v) is 9.63. The topological polar surface area (TPSA) is 53.2 Å². The Morgan fingerprint density at radius 1 is 0.862 bits per heavy atom. The number of aromatic amines is 1. The van der Waals surface area contributed by atoms with Gasteiger partial charge in [-0.3, -0.25) is 9.59 Å². The summed E-state index contributed by atoms with van der Waals surface area (Å²) in [7, 11) is 3.20. The molecule has 0 unspecified atom stereocenters. The van der Waals surface area contributed by atoms with Gasteiger partial charge in [0.05, 0.1) is 11.3 Å². The molecule has 0 saturated heterocycles. The van der Waals surface area contributed by atoms with Gasteiger partial charge in [-0.15, -0.1) is 0 Å². The second-order valence-electron chi connectivity index (χ2n) is 7.66. The molecule has 4 heteroatoms. The number of carbonyl (C=O) groups excluding carboxylic acids is 2. The van der Waals surface area contributed by atoms with Crippen LogP contribution in [0.15, 0.2) is 66.7 Å². The largest absolute Gasteiger partial charge is 0.354 e. The van der Waals surface area contributed by atoms with Gasteiger partial charge in [0.1, 0.15) is 0 Å². The molecule has 0 aliphatic heterocycles. The fraction of sp³-hybridized carbons (Fsp3) is 0.120. The SMILES string of the molecule is CN(C)C(=O)C(=O)c1c(-c2ccc3c(c2)Cc2ccccc2-3)[nH]c2ccccc12. The Morgan fingerprint density at radius 2 is 1.59 bits per heavy atom. The number of hydrogen-bond donors (Lipinski definition) is 1. The molecule has 1 aliphatic rings. The second kappa shape index (κ2) is 6.45. The molecule has 142 valence electrons. The number of likely N-dealkylation sites (N-methyl/N-ethyl adjacent to an activating group) is 1. The van der Waals surface area contributed by atoms with Gasteiger partial charge in [-0.1, -0.05) is 54.6 Å². The maximum atomic E-state index is 13.1. The smallest absolute Gasteiger partial charge is 0.294 e. The molecule has 0 radical (unpaired) electrons. The highest BCUT2D eigenvalue weighted by Crippen LogP contribution is 2.39. The molecular weight excluding hydrogens is 360 g/mol. The van der Waals surface area contributed by atoms with Crippen LogP contribution in [0.4, 0.5) is 0 Å². The first-order valence-electron chi connectivity index (χ1n) is 9.63. The number of rotatable bonds is 3. The fourth-order valence-corrected chi connectivity index (χ4v) is 4.20. The molecule has 1 aliphatic carbocycles. The Bertz CT molecular complexity index is 1300. The Kier molecular flexibility index (Phi) is 3.88. The number of H-pyrrole nitrogens is 1. The molecule has 0 fully saturated rings. The second-order valence-corrected chi connectivity index (χ2v) is 7.66. The Labute approximate surface area is 168 Å². The maximum absolute atomic E-state index is 13.1. The zero-order valence-electron chi connectivity index (χ0n) is 16.3. The van der Waals surface area contributed by atoms with E-state index in [4.69, 9.17) is 0 Å². The minimum Gasteiger partial charge on any atom is -0.354 e. The fourth-order valence-electron chi connectivity index (χ4n) is 4.20. The van der Waals surface area contributed by atoms with E-state index in [9.17, 15) is 9.59 Å². The van der Waals surface area contributed by atoms with Crippen molar-refractivity contribution in [3.63, 3.8) is 0 Å². The number of amides is 1. The summed E-state index contributed by atoms with van der Waals surface area (Å²) in [6.07, 6.45) is 0.874. The van der Waals surface area contributed by atoms with Crippen LogP contribution in [0.1, 0.15) is 21.5 Å². The molecule has 4 aromatic rings. The Morgan fingerprint density at radius 3 is 2.41 bits per heavy atom. The highest BCUT2D eigenvalue weighted by molar-refractivity contribution is 6.46. The van der Waals surface area contributed by atoms with Gasteiger partial charge in [-0.25, -0.2) is 0 Å². The van der Waals surface area contributed by atoms with Crippen molar-refractivity contribution >= 4 is 22.6 Å². The monoisotopic (exact) mass is 380 g/mol. The van der Waals surface area contributed by atoms with Crippen molar-refractivity contribution in [3.8, 4) is 22.4 Å². The molecule has 1 amide bonds. The lowest BCUT2D eigenvalue weighted by Crippen LogP contribution is -2.30. The van der Waals surface area contributed by atoms with Crippen molar-refractivity contribution in [1.29, 1.82) is 0 Å². The molecule has 4 nitrogen and oxygen atoms in total. The summed E-state index contributed by atoms with van der Waals surface area (Å²) < 4.78 is 0. The minimum atomic E-state index is -0.524. The van der Waals surface area contributed by atoms with Gasteiger partial charge in [0.15, 0.2) is 0 Å². The average molecular weight is 380 g/mol. The van der Waals surface area contributed by atoms with Crippen molar-refractivity contribution in [1.82, 2.24) is 9.88 Å². The average Bonchev–Trinajstić information content (AvgIpc) is 3.30. The molecular formula is C25H20N2O2. The van der Waals surface area contributed by atoms with Crippen LogP contribution < -0.4 is 0 Å². The van der Waals surface area contributed by atoms with Gasteiger partial charge in [-0.2, -0.15) is 0 Å². The van der Waals surface area contributed by atoms with E-state index in [1.807, 2.05) is 30.3 Å². The number of aromatic nitrogens is 1. The quantitative estimate of drug-likeness (QED) is 0.365. The van der Waals surface area contributed by atoms with Gasteiger partial charge in [0.25, 0.3) is 11.7 Å². The third-order valence-corrected chi connectivity index (χ3v) is 5.62. The van der Waals surface area contributed by atoms with Crippen LogP contribution in [0, 0.1) is 0 Å². The summed E-state index contributed by atoms with van der Waals surface area (Å²) in [5.74, 6) is -1.02. The van der Waals surface area contributed by atoms with E-state index in [1.165, 1.54) is 27.2 Å². The highest BCUT2D eigenvalue weighted by Gasteiger charge is 2.27. The molecule has 5 rings (SSSR count). The lowest BCUT2D eigenvalue weighted by Gasteiger charge is -2.11. The highest BCUT2D eigenvalue weighted by atomic mass is 16.2. The molecule has 3 aromatic carbocycles. The number of para-hydroxylation sites is 1. The van der Waals surface area contributed by atoms with Gasteiger partial charge in [0, 0.05) is 25.0 Å². The number of nitrogens with zero attached hydrogens (tertiary/aromatic N) is 1. The number of hydrogen-bond acceptors (Lipinski definition) is 2. The van der Waals surface area contributed by atoms with Crippen LogP contribution in [-0.4, -0.2) is 35.7 Å². The normalized spacial score (nSPS) is 11.9. The van der Waals surface area contributed by atoms with Gasteiger partial charge >= 0.3 is 0 Å². The number of fused-ring (bicyclic) bond motifs is 4. The molecule has 0 atom stereocenters. The van der Waals surface area contributed by atoms with Gasteiger partial charge in [-0.05, 0) is 46.4 Å². The van der Waals surface area contributed by atoms with Crippen molar-refractivity contribution in [2.24, 2.45) is 0 Å². The van der Waals surface area contributed by atoms with Crippen molar-refractivity contribution in [2.75, 3.05) is 14.1 Å². The number of carbonyl (C=O) groups is 2. The summed E-state index contributed by atoms with van der Waals surface area (Å²) in [5, 5.41) is 0.770. The lowest BCUT2D eigenvalue weighted by molar-refractivity contribution is -0.124. The molecule has 0 bridgehead atoms. The number of benzene rings is 3. The standard InChI is InChI=1S/C25H20N2O2/c1-27(2)25(29)24(28)22-20-9-5-6-10-21(20)26-23(22)16-11-12-19-17(14-16)13-15-7-3-4-8-18(15)19/h3-12,14,26H,13H2,1-2H3. The van der Waals surface area contributed by atoms with E-state index in [1.54, 1.807) is 14.1 Å². The summed E-state index contributed by atoms with van der Waals surface area (Å²) >= 11 is 0. The number of nitrogens with one attached hydrogen (secondary N) is 1. The van der Waals surface area contributed by atoms with Crippen LogP contribution in [0.5, 0.6) is 0 Å². The van der Waals surface area contributed by atoms with Gasteiger partial charge in [0.2, 0.25) is 0 Å². The van der Waals surface area contributed by atoms with E-state index in [0.29, 0.717) is 11.3 Å². The molecule has 0 saturated carbocycles. The summed E-state index contributed by atoms with van der Waals surface area (Å²) in [6.45, 7) is 0. The molecule has 1 aromatic heterocycles. The summed E-state index contributed by atoms with van der Waals surface area (Å²) in [4.78, 5) is 30.2. The predicted molar refractivity (Wildman–Crippen MR) is 115 cm³/mol. The van der Waals surface area contributed by atoms with E-state index in [0.717, 1.165) is 22.9 Å². The summed E-state index contributed by atoms with van der Waals surface area (Å²) in [5.41, 5.74) is 7.96. The van der Waals surface area contributed by atoms with E-state index >= 15 is 0 Å². The van der Waals surface area contributed by atoms with E-state index in [-0.39, 0.29) is 0 Å². The van der Waals surface area contributed by atoms with Crippen LogP contribution in [0.3, 0.4) is 0 Å². The molecule has 29 heavy (non-hydrogen) atoms. The van der Waals surface area contributed by atoms with Crippen molar-refractivity contribution in [3.05, 3.63) is 83.4 Å². The number of ketones is 1. The first kappa shape index (κ1) is 17.4. The zero-order chi connectivity index (χ0) is 20.1. The van der Waals surface area contributed by atoms with Crippen LogP contribution in [0.2, 0.25) is 0 Å². The van der Waals surface area contributed by atoms with Gasteiger partial charge < -0.3 is 9.88 Å². The minimum absolute atomic E-state index is 0.440. The van der Waals surface area contributed by atoms with Crippen molar-refractivity contribution < 1.29 is 9.59 Å². The van der Waals surface area contributed by atoms with Crippen LogP contribution >= 0.6 is 0 Å². The third kappa shape index (κ3) is 2.68. The van der Waals surface area contributed by atoms with Crippen LogP contribution in [-0.2, 0) is 11.2 Å². The zero-order valence-corrected chi connectivity index (χ0v) is 16.3. The predicted octanol–water partition coefficient (Wildman–Crippen LogP) is 4.68. The first-order chi connectivity index (χ1) is 14.0. The molecule has 1 heterocycles. The van der Waals surface area contributed by atoms with Crippen LogP contribution in [0.25, 0.3) is 33.3 Å². The summed E-state index contributed by atoms with van der Waals surface area (Å²) in [6, 6.07) is 22.3. The Balaban J connectivity index is 1.68. The lowest BCUT2D eigenvalue weighted by atomic mass is 9.97. The number of Topliss-reactive ketones (excluding diaryl/α,β-unsaturated/α-hetero) is 1. The third-order valence-electron chi connectivity index (χ3n) is 5.62. The Hall–Kier alpha value is -3.66. The van der Waals surface area contributed by atoms with E-state index < -0.39 is 11.7 Å². The maximum Gasteiger partial charge on any atom is 0.294 e. The molecule has 0 spiro atoms. The van der Waals surface area contributed by atoms with Crippen molar-refractivity contribution in [2.45, 2.75) is 6.42 Å².